The Bertz CT molecular complexity index is 503. The topological polar surface area (TPSA) is 0 Å². The smallest absolute Gasteiger partial charge is 0.0178 e. The Morgan fingerprint density at radius 2 is 1.76 bits per heavy atom. The molecule has 2 heteroatoms. The molecule has 0 saturated carbocycles. The van der Waals surface area contributed by atoms with Crippen LogP contribution < -0.4 is 0 Å². The van der Waals surface area contributed by atoms with Gasteiger partial charge < -0.3 is 0 Å². The van der Waals surface area contributed by atoms with Crippen LogP contribution in [0.4, 0.5) is 0 Å². The summed E-state index contributed by atoms with van der Waals surface area (Å²) in [7, 11) is 0. The van der Waals surface area contributed by atoms with Crippen molar-refractivity contribution in [2.75, 3.05) is 6.26 Å². The highest BCUT2D eigenvalue weighted by Gasteiger charge is 2.01. The van der Waals surface area contributed by atoms with Crippen molar-refractivity contribution in [3.05, 3.63) is 63.6 Å². The third-order valence-electron chi connectivity index (χ3n) is 2.86. The first-order chi connectivity index (χ1) is 8.19. The van der Waals surface area contributed by atoms with Gasteiger partial charge in [-0.15, -0.1) is 11.8 Å². The average Bonchev–Trinajstić information content (AvgIpc) is 2.35. The van der Waals surface area contributed by atoms with Crippen molar-refractivity contribution in [3.8, 4) is 0 Å². The van der Waals surface area contributed by atoms with Gasteiger partial charge in [-0.25, -0.2) is 0 Å². The summed E-state index contributed by atoms with van der Waals surface area (Å²) in [6.07, 6.45) is 3.10. The van der Waals surface area contributed by atoms with Gasteiger partial charge in [0.2, 0.25) is 0 Å². The molecule has 2 rings (SSSR count). The van der Waals surface area contributed by atoms with E-state index in [1.165, 1.54) is 21.6 Å². The van der Waals surface area contributed by atoms with Gasteiger partial charge in [0.1, 0.15) is 0 Å². The summed E-state index contributed by atoms with van der Waals surface area (Å²) >= 11 is 5.31. The van der Waals surface area contributed by atoms with Crippen molar-refractivity contribution in [3.63, 3.8) is 0 Å². The van der Waals surface area contributed by atoms with Gasteiger partial charge in [-0.05, 0) is 60.6 Å². The molecule has 0 aliphatic carbocycles. The van der Waals surface area contributed by atoms with Crippen LogP contribution in [-0.2, 0) is 6.42 Å². The highest BCUT2D eigenvalue weighted by molar-refractivity contribution is 9.10. The van der Waals surface area contributed by atoms with Crippen molar-refractivity contribution < 1.29 is 0 Å². The van der Waals surface area contributed by atoms with E-state index in [9.17, 15) is 0 Å². The van der Waals surface area contributed by atoms with Crippen LogP contribution in [-0.4, -0.2) is 6.26 Å². The molecule has 0 aromatic heterocycles. The summed E-state index contributed by atoms with van der Waals surface area (Å²) in [6.45, 7) is 2.16. The minimum Gasteiger partial charge on any atom is -0.130 e. The largest absolute Gasteiger partial charge is 0.130 e. The molecular weight excluding hydrogens is 292 g/mol. The lowest BCUT2D eigenvalue weighted by atomic mass is 10.0. The molecule has 0 spiro atoms. The maximum absolute atomic E-state index is 3.53. The zero-order valence-electron chi connectivity index (χ0n) is 10.0. The second-order valence-corrected chi connectivity index (χ2v) is 5.89. The summed E-state index contributed by atoms with van der Waals surface area (Å²) in [5, 5.41) is 0. The Morgan fingerprint density at radius 3 is 2.41 bits per heavy atom. The molecule has 0 amide bonds. The second kappa shape index (κ2) is 5.74. The number of thioether (sulfide) groups is 1. The van der Waals surface area contributed by atoms with Crippen molar-refractivity contribution in [2.24, 2.45) is 0 Å². The number of hydrogen-bond acceptors (Lipinski definition) is 1. The fourth-order valence-electron chi connectivity index (χ4n) is 1.79. The SMILES string of the molecule is CSc1ccc(Cc2cc(Br)ccc2C)cc1. The van der Waals surface area contributed by atoms with Gasteiger partial charge in [0.05, 0.1) is 0 Å². The van der Waals surface area contributed by atoms with Crippen LogP contribution in [0, 0.1) is 6.92 Å². The first-order valence-electron chi connectivity index (χ1n) is 5.57. The van der Waals surface area contributed by atoms with Gasteiger partial charge >= 0.3 is 0 Å². The fourth-order valence-corrected chi connectivity index (χ4v) is 2.61. The minimum absolute atomic E-state index is 1.000. The standard InChI is InChI=1S/C15H15BrS/c1-11-3-6-14(16)10-13(11)9-12-4-7-15(17-2)8-5-12/h3-8,10H,9H2,1-2H3. The summed E-state index contributed by atoms with van der Waals surface area (Å²) in [5.41, 5.74) is 4.10. The van der Waals surface area contributed by atoms with E-state index in [-0.39, 0.29) is 0 Å². The summed E-state index contributed by atoms with van der Waals surface area (Å²) in [4.78, 5) is 1.32. The second-order valence-electron chi connectivity index (χ2n) is 4.10. The molecule has 0 aliphatic heterocycles. The van der Waals surface area contributed by atoms with E-state index >= 15 is 0 Å². The predicted molar refractivity (Wildman–Crippen MR) is 79.9 cm³/mol. The molecule has 0 N–H and O–H groups in total. The summed E-state index contributed by atoms with van der Waals surface area (Å²) in [5.74, 6) is 0. The van der Waals surface area contributed by atoms with Crippen LogP contribution in [0.3, 0.4) is 0 Å². The third-order valence-corrected chi connectivity index (χ3v) is 4.10. The van der Waals surface area contributed by atoms with Gasteiger partial charge in [-0.3, -0.25) is 0 Å². The maximum atomic E-state index is 3.53. The van der Waals surface area contributed by atoms with Crippen LogP contribution in [0.1, 0.15) is 16.7 Å². The zero-order valence-corrected chi connectivity index (χ0v) is 12.4. The molecule has 17 heavy (non-hydrogen) atoms. The molecule has 0 bridgehead atoms. The lowest BCUT2D eigenvalue weighted by molar-refractivity contribution is 1.14. The Balaban J connectivity index is 2.22. The number of rotatable bonds is 3. The molecule has 2 aromatic carbocycles. The van der Waals surface area contributed by atoms with Crippen LogP contribution in [0.25, 0.3) is 0 Å². The highest BCUT2D eigenvalue weighted by Crippen LogP contribution is 2.21. The first-order valence-corrected chi connectivity index (χ1v) is 7.59. The molecular formula is C15H15BrS. The van der Waals surface area contributed by atoms with Crippen molar-refractivity contribution >= 4 is 27.7 Å². The van der Waals surface area contributed by atoms with Crippen molar-refractivity contribution in [1.82, 2.24) is 0 Å². The van der Waals surface area contributed by atoms with E-state index in [2.05, 4.69) is 71.6 Å². The zero-order chi connectivity index (χ0) is 12.3. The van der Waals surface area contributed by atoms with Crippen LogP contribution >= 0.6 is 27.7 Å². The maximum Gasteiger partial charge on any atom is 0.0178 e. The van der Waals surface area contributed by atoms with Crippen molar-refractivity contribution in [1.29, 1.82) is 0 Å². The van der Waals surface area contributed by atoms with E-state index in [1.54, 1.807) is 11.8 Å². The number of benzene rings is 2. The number of hydrogen-bond donors (Lipinski definition) is 0. The Labute approximate surface area is 116 Å². The summed E-state index contributed by atoms with van der Waals surface area (Å²) < 4.78 is 1.15. The Hall–Kier alpha value is -0.730. The monoisotopic (exact) mass is 306 g/mol. The van der Waals surface area contributed by atoms with E-state index in [1.807, 2.05) is 0 Å². The van der Waals surface area contributed by atoms with Gasteiger partial charge in [0.25, 0.3) is 0 Å². The van der Waals surface area contributed by atoms with Gasteiger partial charge in [0, 0.05) is 9.37 Å². The lowest BCUT2D eigenvalue weighted by Gasteiger charge is -2.07. The predicted octanol–water partition coefficient (Wildman–Crippen LogP) is 5.07. The molecule has 88 valence electrons. The molecule has 0 heterocycles. The summed E-state index contributed by atoms with van der Waals surface area (Å²) in [6, 6.07) is 15.3. The first kappa shape index (κ1) is 12.7. The quantitative estimate of drug-likeness (QED) is 0.713. The van der Waals surface area contributed by atoms with Crippen LogP contribution in [0.5, 0.6) is 0 Å². The molecule has 0 saturated heterocycles. The highest BCUT2D eigenvalue weighted by atomic mass is 79.9. The lowest BCUT2D eigenvalue weighted by Crippen LogP contribution is -1.91. The number of aryl methyl sites for hydroxylation is 1. The van der Waals surface area contributed by atoms with E-state index in [0.29, 0.717) is 0 Å². The normalized spacial score (nSPS) is 10.5. The van der Waals surface area contributed by atoms with E-state index in [4.69, 9.17) is 0 Å². The van der Waals surface area contributed by atoms with Gasteiger partial charge in [-0.2, -0.15) is 0 Å². The van der Waals surface area contributed by atoms with E-state index < -0.39 is 0 Å². The fraction of sp³-hybridized carbons (Fsp3) is 0.200. The third kappa shape index (κ3) is 3.36. The Morgan fingerprint density at radius 1 is 1.06 bits per heavy atom. The molecule has 0 radical (unpaired) electrons. The minimum atomic E-state index is 1.000. The molecule has 0 nitrogen and oxygen atoms in total. The Kier molecular flexibility index (Phi) is 4.30. The molecule has 0 unspecified atom stereocenters. The van der Waals surface area contributed by atoms with Crippen LogP contribution in [0.2, 0.25) is 0 Å². The van der Waals surface area contributed by atoms with Gasteiger partial charge in [-0.1, -0.05) is 34.1 Å². The molecule has 0 atom stereocenters. The van der Waals surface area contributed by atoms with Crippen LogP contribution in [0.15, 0.2) is 51.8 Å². The molecule has 0 fully saturated rings. The molecule has 2 aromatic rings. The molecule has 0 aliphatic rings. The average molecular weight is 307 g/mol. The van der Waals surface area contributed by atoms with E-state index in [0.717, 1.165) is 10.9 Å². The van der Waals surface area contributed by atoms with Crippen molar-refractivity contribution in [2.45, 2.75) is 18.2 Å². The van der Waals surface area contributed by atoms with Gasteiger partial charge in [0.15, 0.2) is 0 Å². The number of halogens is 1.